The van der Waals surface area contributed by atoms with Crippen molar-refractivity contribution in [1.82, 2.24) is 15.0 Å². The summed E-state index contributed by atoms with van der Waals surface area (Å²) >= 11 is 6.76. The third kappa shape index (κ3) is 3.05. The fraction of sp³-hybridized carbons (Fsp3) is 0.250. The van der Waals surface area contributed by atoms with Crippen molar-refractivity contribution in [2.75, 3.05) is 0 Å². The molecule has 0 amide bonds. The summed E-state index contributed by atoms with van der Waals surface area (Å²) in [5.74, 6) is 0.491. The number of hydrogen-bond donors (Lipinski definition) is 1. The van der Waals surface area contributed by atoms with Crippen LogP contribution in [0.3, 0.4) is 0 Å². The van der Waals surface area contributed by atoms with Gasteiger partial charge in [0.15, 0.2) is 5.82 Å². The predicted molar refractivity (Wildman–Crippen MR) is 77.5 cm³/mol. The molecule has 2 aromatic heterocycles. The van der Waals surface area contributed by atoms with Crippen LogP contribution in [0.2, 0.25) is 0 Å². The molecule has 0 radical (unpaired) electrons. The normalized spacial score (nSPS) is 10.6. The number of nitrogens with one attached hydrogen (secondary N) is 1. The highest BCUT2D eigenvalue weighted by atomic mass is 79.9. The van der Waals surface area contributed by atoms with Crippen molar-refractivity contribution in [3.8, 4) is 11.5 Å². The Morgan fingerprint density at radius 2 is 2.11 bits per heavy atom. The van der Waals surface area contributed by atoms with Crippen LogP contribution < -0.4 is 5.56 Å². The van der Waals surface area contributed by atoms with Gasteiger partial charge in [0.2, 0.25) is 0 Å². The van der Waals surface area contributed by atoms with Gasteiger partial charge in [-0.25, -0.2) is 4.98 Å². The fourth-order valence-electron chi connectivity index (χ4n) is 1.59. The predicted octanol–water partition coefficient (Wildman–Crippen LogP) is 3.31. The number of pyridine rings is 1. The van der Waals surface area contributed by atoms with Gasteiger partial charge in [0, 0.05) is 26.9 Å². The van der Waals surface area contributed by atoms with E-state index in [4.69, 9.17) is 0 Å². The maximum Gasteiger partial charge on any atom is 0.251 e. The fourth-order valence-corrected chi connectivity index (χ4v) is 2.77. The molecule has 94 valence electrons. The number of aryl methyl sites for hydroxylation is 1. The Labute approximate surface area is 121 Å². The van der Waals surface area contributed by atoms with Gasteiger partial charge in [0.1, 0.15) is 5.69 Å². The maximum atomic E-state index is 11.6. The standard InChI is InChI=1S/C12H11Br2N3O/c1-2-3-8-5-10(18)17-12(16-8)11-9(14)4-7(13)6-15-11/h4-6H,2-3H2,1H3,(H,16,17,18). The highest BCUT2D eigenvalue weighted by molar-refractivity contribution is 9.11. The van der Waals surface area contributed by atoms with E-state index >= 15 is 0 Å². The Morgan fingerprint density at radius 3 is 2.78 bits per heavy atom. The van der Waals surface area contributed by atoms with E-state index in [1.54, 1.807) is 6.20 Å². The second-order valence-corrected chi connectivity index (χ2v) is 5.59. The molecule has 0 atom stereocenters. The van der Waals surface area contributed by atoms with Crippen LogP contribution >= 0.6 is 31.9 Å². The molecule has 1 N–H and O–H groups in total. The Morgan fingerprint density at radius 1 is 1.33 bits per heavy atom. The Kier molecular flexibility index (Phi) is 4.29. The monoisotopic (exact) mass is 371 g/mol. The summed E-state index contributed by atoms with van der Waals surface area (Å²) in [7, 11) is 0. The molecule has 0 unspecified atom stereocenters. The first-order chi connectivity index (χ1) is 8.60. The second-order valence-electron chi connectivity index (χ2n) is 3.82. The van der Waals surface area contributed by atoms with Gasteiger partial charge in [-0.2, -0.15) is 0 Å². The molecular formula is C12H11Br2N3O. The lowest BCUT2D eigenvalue weighted by Gasteiger charge is -2.05. The molecule has 2 heterocycles. The SMILES string of the molecule is CCCc1cc(=O)[nH]c(-c2ncc(Br)cc2Br)n1. The summed E-state index contributed by atoms with van der Waals surface area (Å²) in [6.45, 7) is 2.05. The first-order valence-electron chi connectivity index (χ1n) is 5.52. The molecule has 2 aromatic rings. The van der Waals surface area contributed by atoms with Crippen molar-refractivity contribution < 1.29 is 0 Å². The number of halogens is 2. The molecule has 4 nitrogen and oxygen atoms in total. The zero-order chi connectivity index (χ0) is 13.1. The molecule has 0 aliphatic heterocycles. The summed E-state index contributed by atoms with van der Waals surface area (Å²) in [6, 6.07) is 3.40. The van der Waals surface area contributed by atoms with Crippen LogP contribution in [0.4, 0.5) is 0 Å². The smallest absolute Gasteiger partial charge is 0.251 e. The Bertz CT molecular complexity index is 625. The average Bonchev–Trinajstić information content (AvgIpc) is 2.28. The number of hydrogen-bond acceptors (Lipinski definition) is 3. The molecule has 0 aliphatic carbocycles. The van der Waals surface area contributed by atoms with Gasteiger partial charge in [0.05, 0.1) is 0 Å². The van der Waals surface area contributed by atoms with Gasteiger partial charge in [0.25, 0.3) is 5.56 Å². The van der Waals surface area contributed by atoms with E-state index in [0.29, 0.717) is 11.5 Å². The van der Waals surface area contributed by atoms with Gasteiger partial charge < -0.3 is 4.98 Å². The summed E-state index contributed by atoms with van der Waals surface area (Å²) in [5, 5.41) is 0. The van der Waals surface area contributed by atoms with Gasteiger partial charge >= 0.3 is 0 Å². The van der Waals surface area contributed by atoms with E-state index in [1.165, 1.54) is 6.07 Å². The molecule has 0 saturated carbocycles. The van der Waals surface area contributed by atoms with Crippen molar-refractivity contribution in [3.63, 3.8) is 0 Å². The molecular weight excluding hydrogens is 362 g/mol. The molecule has 6 heteroatoms. The quantitative estimate of drug-likeness (QED) is 0.899. The molecule has 0 aliphatic rings. The number of rotatable bonds is 3. The summed E-state index contributed by atoms with van der Waals surface area (Å²) < 4.78 is 1.65. The third-order valence-corrected chi connectivity index (χ3v) is 3.37. The average molecular weight is 373 g/mol. The molecule has 2 rings (SSSR count). The molecule has 0 fully saturated rings. The van der Waals surface area contributed by atoms with Crippen LogP contribution in [0.1, 0.15) is 19.0 Å². The van der Waals surface area contributed by atoms with Crippen LogP contribution in [-0.2, 0) is 6.42 Å². The van der Waals surface area contributed by atoms with Gasteiger partial charge in [-0.3, -0.25) is 9.78 Å². The zero-order valence-corrected chi connectivity index (χ0v) is 12.9. The Balaban J connectivity index is 2.53. The lowest BCUT2D eigenvalue weighted by Crippen LogP contribution is -2.11. The minimum atomic E-state index is -0.153. The largest absolute Gasteiger partial charge is 0.305 e. The van der Waals surface area contributed by atoms with E-state index in [2.05, 4.69) is 53.7 Å². The van der Waals surface area contributed by atoms with Crippen LogP contribution in [-0.4, -0.2) is 15.0 Å². The lowest BCUT2D eigenvalue weighted by molar-refractivity contribution is 0.868. The molecule has 0 aromatic carbocycles. The number of H-pyrrole nitrogens is 1. The summed E-state index contributed by atoms with van der Waals surface area (Å²) in [5.41, 5.74) is 1.26. The van der Waals surface area contributed by atoms with E-state index in [0.717, 1.165) is 27.5 Å². The van der Waals surface area contributed by atoms with Crippen molar-refractivity contribution in [1.29, 1.82) is 0 Å². The van der Waals surface area contributed by atoms with E-state index in [9.17, 15) is 4.79 Å². The number of nitrogens with zero attached hydrogens (tertiary/aromatic N) is 2. The van der Waals surface area contributed by atoms with Gasteiger partial charge in [-0.1, -0.05) is 13.3 Å². The van der Waals surface area contributed by atoms with Crippen LogP contribution in [0.15, 0.2) is 32.1 Å². The van der Waals surface area contributed by atoms with E-state index in [1.807, 2.05) is 6.07 Å². The van der Waals surface area contributed by atoms with Crippen LogP contribution in [0, 0.1) is 0 Å². The van der Waals surface area contributed by atoms with E-state index < -0.39 is 0 Å². The molecule has 18 heavy (non-hydrogen) atoms. The third-order valence-electron chi connectivity index (χ3n) is 2.33. The van der Waals surface area contributed by atoms with Gasteiger partial charge in [-0.15, -0.1) is 0 Å². The van der Waals surface area contributed by atoms with Crippen molar-refractivity contribution >= 4 is 31.9 Å². The molecule has 0 saturated heterocycles. The zero-order valence-electron chi connectivity index (χ0n) is 9.70. The Hall–Kier alpha value is -1.01. The van der Waals surface area contributed by atoms with Gasteiger partial charge in [-0.05, 0) is 44.3 Å². The number of aromatic amines is 1. The topological polar surface area (TPSA) is 58.6 Å². The first-order valence-corrected chi connectivity index (χ1v) is 7.10. The highest BCUT2D eigenvalue weighted by Crippen LogP contribution is 2.25. The minimum absolute atomic E-state index is 0.153. The molecule has 0 bridgehead atoms. The second kappa shape index (κ2) is 5.75. The van der Waals surface area contributed by atoms with Crippen LogP contribution in [0.25, 0.3) is 11.5 Å². The van der Waals surface area contributed by atoms with Crippen molar-refractivity contribution in [2.24, 2.45) is 0 Å². The van der Waals surface area contributed by atoms with Crippen molar-refractivity contribution in [3.05, 3.63) is 43.3 Å². The first kappa shape index (κ1) is 13.4. The highest BCUT2D eigenvalue weighted by Gasteiger charge is 2.09. The minimum Gasteiger partial charge on any atom is -0.305 e. The number of aromatic nitrogens is 3. The van der Waals surface area contributed by atoms with E-state index in [-0.39, 0.29) is 5.56 Å². The summed E-state index contributed by atoms with van der Waals surface area (Å²) in [4.78, 5) is 23.0. The maximum absolute atomic E-state index is 11.6. The van der Waals surface area contributed by atoms with Crippen molar-refractivity contribution in [2.45, 2.75) is 19.8 Å². The lowest BCUT2D eigenvalue weighted by atomic mass is 10.2. The van der Waals surface area contributed by atoms with Crippen LogP contribution in [0.5, 0.6) is 0 Å². The summed E-state index contributed by atoms with van der Waals surface area (Å²) in [6.07, 6.45) is 3.41. The molecule has 0 spiro atoms.